The predicted molar refractivity (Wildman–Crippen MR) is 56.6 cm³/mol. The normalized spacial score (nSPS) is 17.1. The van der Waals surface area contributed by atoms with Crippen molar-refractivity contribution in [3.05, 3.63) is 0 Å². The zero-order valence-electron chi connectivity index (χ0n) is 9.45. The van der Waals surface area contributed by atoms with Gasteiger partial charge in [0.15, 0.2) is 0 Å². The Balaban J connectivity index is 5.27. The van der Waals surface area contributed by atoms with Gasteiger partial charge in [-0.2, -0.15) is 17.6 Å². The molecule has 0 spiro atoms. The molecule has 2 nitrogen and oxygen atoms in total. The first kappa shape index (κ1) is 17.2. The number of rotatable bonds is 4. The molecule has 17 heavy (non-hydrogen) atoms. The highest BCUT2D eigenvalue weighted by molar-refractivity contribution is 6.26. The molecule has 0 rings (SSSR count). The predicted octanol–water partition coefficient (Wildman–Crippen LogP) is 3.18. The Labute approximate surface area is 107 Å². The van der Waals surface area contributed by atoms with Crippen LogP contribution >= 0.6 is 23.2 Å². The second kappa shape index (κ2) is 4.72. The topological polar surface area (TPSA) is 40.5 Å². The van der Waals surface area contributed by atoms with Crippen LogP contribution in [0.25, 0.3) is 0 Å². The van der Waals surface area contributed by atoms with Crippen LogP contribution in [-0.2, 0) is 0 Å². The van der Waals surface area contributed by atoms with E-state index in [0.29, 0.717) is 0 Å². The van der Waals surface area contributed by atoms with Gasteiger partial charge >= 0.3 is 10.8 Å². The van der Waals surface area contributed by atoms with Crippen molar-refractivity contribution < 1.29 is 27.8 Å². The Morgan fingerprint density at radius 2 is 1.29 bits per heavy atom. The molecule has 0 aromatic heterocycles. The summed E-state index contributed by atoms with van der Waals surface area (Å²) >= 11 is 8.92. The number of aliphatic hydroxyl groups excluding tert-OH is 1. The van der Waals surface area contributed by atoms with Gasteiger partial charge in [0.05, 0.1) is 6.10 Å². The summed E-state index contributed by atoms with van der Waals surface area (Å²) in [7, 11) is 0. The standard InChI is InChI=1S/C9H14Cl2F4O2/c1-6(2,3)5(16)4-7(17,8(10,12)13)9(11,14)15/h5,16-17H,4H2,1-3H3. The monoisotopic (exact) mass is 300 g/mol. The minimum absolute atomic E-state index is 0.988. The molecule has 104 valence electrons. The summed E-state index contributed by atoms with van der Waals surface area (Å²) in [6.07, 6.45) is -2.99. The molecule has 0 aliphatic carbocycles. The average Bonchev–Trinajstić information content (AvgIpc) is 1.97. The van der Waals surface area contributed by atoms with Gasteiger partial charge in [-0.25, -0.2) is 0 Å². The quantitative estimate of drug-likeness (QED) is 0.618. The Morgan fingerprint density at radius 3 is 1.47 bits per heavy atom. The van der Waals surface area contributed by atoms with E-state index in [4.69, 9.17) is 0 Å². The van der Waals surface area contributed by atoms with Crippen molar-refractivity contribution in [1.29, 1.82) is 0 Å². The molecule has 0 aliphatic rings. The van der Waals surface area contributed by atoms with Crippen LogP contribution < -0.4 is 0 Å². The van der Waals surface area contributed by atoms with E-state index in [-0.39, 0.29) is 0 Å². The lowest BCUT2D eigenvalue weighted by molar-refractivity contribution is -0.233. The third kappa shape index (κ3) is 3.84. The van der Waals surface area contributed by atoms with E-state index in [1.165, 1.54) is 20.8 Å². The molecule has 0 fully saturated rings. The Kier molecular flexibility index (Phi) is 4.78. The number of aliphatic hydroxyl groups is 2. The molecule has 0 bridgehead atoms. The fraction of sp³-hybridized carbons (Fsp3) is 1.00. The number of hydrogen-bond donors (Lipinski definition) is 2. The molecular weight excluding hydrogens is 287 g/mol. The average molecular weight is 301 g/mol. The third-order valence-electron chi connectivity index (χ3n) is 2.43. The third-order valence-corrected chi connectivity index (χ3v) is 3.05. The summed E-state index contributed by atoms with van der Waals surface area (Å²) in [5.74, 6) is 0. The summed E-state index contributed by atoms with van der Waals surface area (Å²) in [6, 6.07) is 0. The van der Waals surface area contributed by atoms with E-state index in [9.17, 15) is 27.8 Å². The summed E-state index contributed by atoms with van der Waals surface area (Å²) in [6.45, 7) is 4.28. The minimum Gasteiger partial charge on any atom is -0.392 e. The van der Waals surface area contributed by atoms with Gasteiger partial charge in [-0.15, -0.1) is 0 Å². The van der Waals surface area contributed by atoms with E-state index < -0.39 is 34.3 Å². The van der Waals surface area contributed by atoms with Crippen LogP contribution in [0.4, 0.5) is 17.6 Å². The first-order chi connectivity index (χ1) is 7.13. The lowest BCUT2D eigenvalue weighted by atomic mass is 9.82. The van der Waals surface area contributed by atoms with E-state index in [0.717, 1.165) is 0 Å². The second-order valence-corrected chi connectivity index (χ2v) is 5.89. The summed E-state index contributed by atoms with van der Waals surface area (Å²) in [4.78, 5) is 0. The number of hydrogen-bond acceptors (Lipinski definition) is 2. The minimum atomic E-state index is -4.68. The first-order valence-electron chi connectivity index (χ1n) is 4.67. The highest BCUT2D eigenvalue weighted by Gasteiger charge is 2.67. The van der Waals surface area contributed by atoms with E-state index >= 15 is 0 Å². The summed E-state index contributed by atoms with van der Waals surface area (Å²) in [5.41, 5.74) is -5.02. The van der Waals surface area contributed by atoms with Crippen molar-refractivity contribution in [2.75, 3.05) is 0 Å². The van der Waals surface area contributed by atoms with E-state index in [1.807, 2.05) is 0 Å². The van der Waals surface area contributed by atoms with Crippen LogP contribution in [0, 0.1) is 5.41 Å². The number of halogens is 6. The van der Waals surface area contributed by atoms with Gasteiger partial charge in [-0.1, -0.05) is 20.8 Å². The molecule has 0 amide bonds. The molecule has 0 heterocycles. The largest absolute Gasteiger partial charge is 0.392 e. The van der Waals surface area contributed by atoms with Crippen molar-refractivity contribution in [2.45, 2.75) is 49.7 Å². The SMILES string of the molecule is CC(C)(C)C(O)CC(O)(C(F)(F)Cl)C(F)(F)Cl. The molecule has 8 heteroatoms. The molecule has 0 aromatic carbocycles. The fourth-order valence-corrected chi connectivity index (χ4v) is 1.42. The molecule has 1 unspecified atom stereocenters. The molecular formula is C9H14Cl2F4O2. The van der Waals surface area contributed by atoms with Crippen molar-refractivity contribution in [2.24, 2.45) is 5.41 Å². The maximum atomic E-state index is 12.9. The van der Waals surface area contributed by atoms with Crippen molar-refractivity contribution in [3.8, 4) is 0 Å². The van der Waals surface area contributed by atoms with Gasteiger partial charge in [-0.3, -0.25) is 0 Å². The number of alkyl halides is 6. The highest BCUT2D eigenvalue weighted by Crippen LogP contribution is 2.49. The van der Waals surface area contributed by atoms with Crippen LogP contribution in [0.3, 0.4) is 0 Å². The fourth-order valence-electron chi connectivity index (χ4n) is 0.978. The van der Waals surface area contributed by atoms with Crippen LogP contribution in [0.15, 0.2) is 0 Å². The van der Waals surface area contributed by atoms with Crippen molar-refractivity contribution in [3.63, 3.8) is 0 Å². The molecule has 0 aromatic rings. The molecule has 1 atom stereocenters. The maximum Gasteiger partial charge on any atom is 0.357 e. The van der Waals surface area contributed by atoms with Gasteiger partial charge in [-0.05, 0) is 28.6 Å². The lowest BCUT2D eigenvalue weighted by Gasteiger charge is -2.39. The Bertz CT molecular complexity index is 254. The molecule has 0 aliphatic heterocycles. The Hall–Kier alpha value is 0.220. The van der Waals surface area contributed by atoms with Gasteiger partial charge in [0.2, 0.25) is 5.60 Å². The summed E-state index contributed by atoms with van der Waals surface area (Å²) < 4.78 is 51.4. The van der Waals surface area contributed by atoms with Crippen molar-refractivity contribution >= 4 is 23.2 Å². The first-order valence-corrected chi connectivity index (χ1v) is 5.42. The summed E-state index contributed by atoms with van der Waals surface area (Å²) in [5, 5.41) is 9.45. The van der Waals surface area contributed by atoms with Crippen LogP contribution in [0.5, 0.6) is 0 Å². The Morgan fingerprint density at radius 1 is 1.00 bits per heavy atom. The zero-order chi connectivity index (χ0) is 14.3. The van der Waals surface area contributed by atoms with Crippen LogP contribution in [0.1, 0.15) is 27.2 Å². The molecule has 2 N–H and O–H groups in total. The molecule has 0 saturated carbocycles. The zero-order valence-corrected chi connectivity index (χ0v) is 11.0. The van der Waals surface area contributed by atoms with Gasteiger partial charge in [0, 0.05) is 6.42 Å². The van der Waals surface area contributed by atoms with Crippen LogP contribution in [-0.4, -0.2) is 32.7 Å². The second-order valence-electron chi connectivity index (χ2n) is 4.94. The van der Waals surface area contributed by atoms with E-state index in [2.05, 4.69) is 23.2 Å². The van der Waals surface area contributed by atoms with Crippen molar-refractivity contribution in [1.82, 2.24) is 0 Å². The van der Waals surface area contributed by atoms with E-state index in [1.54, 1.807) is 0 Å². The van der Waals surface area contributed by atoms with Gasteiger partial charge in [0.25, 0.3) is 0 Å². The maximum absolute atomic E-state index is 12.9. The smallest absolute Gasteiger partial charge is 0.357 e. The van der Waals surface area contributed by atoms with Gasteiger partial charge < -0.3 is 10.2 Å². The van der Waals surface area contributed by atoms with Gasteiger partial charge in [0.1, 0.15) is 0 Å². The molecule has 0 radical (unpaired) electrons. The van der Waals surface area contributed by atoms with Crippen LogP contribution in [0.2, 0.25) is 0 Å². The lowest BCUT2D eigenvalue weighted by Crippen LogP contribution is -2.58. The molecule has 0 saturated heterocycles. The highest BCUT2D eigenvalue weighted by atomic mass is 35.5.